The van der Waals surface area contributed by atoms with Crippen LogP contribution in [-0.4, -0.2) is 17.9 Å². The second-order valence-corrected chi connectivity index (χ2v) is 5.94. The van der Waals surface area contributed by atoms with Crippen LogP contribution < -0.4 is 4.74 Å². The third-order valence-corrected chi connectivity index (χ3v) is 3.99. The summed E-state index contributed by atoms with van der Waals surface area (Å²) in [6.07, 6.45) is 8.32. The summed E-state index contributed by atoms with van der Waals surface area (Å²) in [5.74, 6) is 2.27. The number of rotatable bonds is 8. The molecular weight excluding hydrogens is 338 g/mol. The molecule has 0 bridgehead atoms. The summed E-state index contributed by atoms with van der Waals surface area (Å²) in [5.41, 5.74) is 2.92. The van der Waals surface area contributed by atoms with Crippen molar-refractivity contribution in [2.75, 3.05) is 6.61 Å². The van der Waals surface area contributed by atoms with Crippen molar-refractivity contribution in [3.8, 4) is 17.2 Å². The molecule has 2 aromatic carbocycles. The molecule has 4 heteroatoms. The molecule has 27 heavy (non-hydrogen) atoms. The second-order valence-electron chi connectivity index (χ2n) is 5.94. The Morgan fingerprint density at radius 3 is 2.52 bits per heavy atom. The van der Waals surface area contributed by atoms with Gasteiger partial charge in [-0.05, 0) is 42.8 Å². The Balaban J connectivity index is 1.54. The van der Waals surface area contributed by atoms with Crippen molar-refractivity contribution in [3.63, 3.8) is 0 Å². The minimum absolute atomic E-state index is 0.527. The second kappa shape index (κ2) is 9.34. The molecule has 1 aromatic heterocycles. The lowest BCUT2D eigenvalue weighted by atomic mass is 10.2. The Morgan fingerprint density at radius 1 is 1.00 bits per heavy atom. The molecule has 0 spiro atoms. The SMILES string of the molecule is Cc1oc(-c2ccccc2)nc1CCOc1ccc(/C=C/C=C/C=O)cc1. The molecule has 0 radical (unpaired) electrons. The molecule has 0 amide bonds. The number of hydrogen-bond acceptors (Lipinski definition) is 4. The number of aldehydes is 1. The fourth-order valence-corrected chi connectivity index (χ4v) is 2.58. The summed E-state index contributed by atoms with van der Waals surface area (Å²) in [6, 6.07) is 17.7. The molecular formula is C23H21NO3. The molecule has 0 N–H and O–H groups in total. The number of carbonyl (C=O) groups is 1. The molecule has 0 aliphatic carbocycles. The molecule has 0 aliphatic heterocycles. The third-order valence-electron chi connectivity index (χ3n) is 3.99. The fourth-order valence-electron chi connectivity index (χ4n) is 2.58. The van der Waals surface area contributed by atoms with Gasteiger partial charge in [-0.2, -0.15) is 0 Å². The molecule has 3 rings (SSSR count). The summed E-state index contributed by atoms with van der Waals surface area (Å²) in [6.45, 7) is 2.45. The van der Waals surface area contributed by atoms with Crippen molar-refractivity contribution in [3.05, 3.63) is 89.8 Å². The van der Waals surface area contributed by atoms with Gasteiger partial charge in [0.05, 0.1) is 12.3 Å². The van der Waals surface area contributed by atoms with E-state index in [0.29, 0.717) is 18.9 Å². The maximum Gasteiger partial charge on any atom is 0.226 e. The summed E-state index contributed by atoms with van der Waals surface area (Å²) in [5, 5.41) is 0. The highest BCUT2D eigenvalue weighted by Gasteiger charge is 2.11. The van der Waals surface area contributed by atoms with E-state index >= 15 is 0 Å². The topological polar surface area (TPSA) is 52.3 Å². The monoisotopic (exact) mass is 359 g/mol. The van der Waals surface area contributed by atoms with Crippen LogP contribution in [0, 0.1) is 6.92 Å². The van der Waals surface area contributed by atoms with E-state index in [1.54, 1.807) is 6.08 Å². The summed E-state index contributed by atoms with van der Waals surface area (Å²) in [7, 11) is 0. The average Bonchev–Trinajstić information content (AvgIpc) is 3.08. The number of allylic oxidation sites excluding steroid dienone is 3. The van der Waals surface area contributed by atoms with Gasteiger partial charge in [-0.25, -0.2) is 4.98 Å². The predicted octanol–water partition coefficient (Wildman–Crippen LogP) is 5.04. The third kappa shape index (κ3) is 5.28. The van der Waals surface area contributed by atoms with Gasteiger partial charge in [0.1, 0.15) is 17.8 Å². The normalized spacial score (nSPS) is 11.3. The standard InChI is InChI=1S/C23H21NO3/c1-18-22(24-23(27-18)20-9-5-2-6-10-20)15-17-26-21-13-11-19(12-14-21)8-4-3-7-16-25/h2-14,16H,15,17H2,1H3/b7-3+,8-4+. The van der Waals surface area contributed by atoms with E-state index in [0.717, 1.165) is 34.6 Å². The molecule has 0 saturated heterocycles. The van der Waals surface area contributed by atoms with Crippen LogP contribution in [0.2, 0.25) is 0 Å². The molecule has 0 atom stereocenters. The highest BCUT2D eigenvalue weighted by atomic mass is 16.5. The first-order valence-corrected chi connectivity index (χ1v) is 8.79. The quantitative estimate of drug-likeness (QED) is 0.321. The van der Waals surface area contributed by atoms with E-state index in [1.165, 1.54) is 6.08 Å². The molecule has 3 aromatic rings. The number of aryl methyl sites for hydroxylation is 1. The summed E-state index contributed by atoms with van der Waals surface area (Å²) < 4.78 is 11.6. The number of nitrogens with zero attached hydrogens (tertiary/aromatic N) is 1. The first-order valence-electron chi connectivity index (χ1n) is 8.79. The van der Waals surface area contributed by atoms with E-state index in [2.05, 4.69) is 4.98 Å². The highest BCUT2D eigenvalue weighted by molar-refractivity contribution is 5.66. The first-order chi connectivity index (χ1) is 13.3. The van der Waals surface area contributed by atoms with Crippen LogP contribution in [0.1, 0.15) is 17.0 Å². The van der Waals surface area contributed by atoms with Gasteiger partial charge >= 0.3 is 0 Å². The lowest BCUT2D eigenvalue weighted by Crippen LogP contribution is -2.02. The van der Waals surface area contributed by atoms with Crippen LogP contribution in [-0.2, 0) is 11.2 Å². The van der Waals surface area contributed by atoms with Crippen molar-refractivity contribution >= 4 is 12.4 Å². The van der Waals surface area contributed by atoms with E-state index in [-0.39, 0.29) is 0 Å². The van der Waals surface area contributed by atoms with Gasteiger partial charge in [0, 0.05) is 12.0 Å². The number of carbonyl (C=O) groups excluding carboxylic acids is 1. The Morgan fingerprint density at radius 2 is 1.78 bits per heavy atom. The molecule has 0 unspecified atom stereocenters. The molecule has 0 saturated carbocycles. The number of aromatic nitrogens is 1. The highest BCUT2D eigenvalue weighted by Crippen LogP contribution is 2.22. The van der Waals surface area contributed by atoms with Gasteiger partial charge in [0.2, 0.25) is 5.89 Å². The Hall–Kier alpha value is -3.40. The Bertz CT molecular complexity index is 922. The zero-order valence-electron chi connectivity index (χ0n) is 15.2. The van der Waals surface area contributed by atoms with E-state index < -0.39 is 0 Å². The molecule has 1 heterocycles. The molecule has 0 aliphatic rings. The van der Waals surface area contributed by atoms with Crippen molar-refractivity contribution in [2.45, 2.75) is 13.3 Å². The number of benzene rings is 2. The van der Waals surface area contributed by atoms with Crippen LogP contribution in [0.5, 0.6) is 5.75 Å². The fraction of sp³-hybridized carbons (Fsp3) is 0.130. The lowest BCUT2D eigenvalue weighted by molar-refractivity contribution is -0.104. The van der Waals surface area contributed by atoms with Crippen molar-refractivity contribution in [1.82, 2.24) is 4.98 Å². The zero-order valence-corrected chi connectivity index (χ0v) is 15.2. The molecule has 136 valence electrons. The van der Waals surface area contributed by atoms with Gasteiger partial charge in [-0.1, -0.05) is 48.6 Å². The minimum Gasteiger partial charge on any atom is -0.493 e. The molecule has 4 nitrogen and oxygen atoms in total. The Labute approximate surface area is 158 Å². The van der Waals surface area contributed by atoms with E-state index in [1.807, 2.05) is 73.7 Å². The van der Waals surface area contributed by atoms with E-state index in [9.17, 15) is 4.79 Å². The first kappa shape index (κ1) is 18.4. The van der Waals surface area contributed by atoms with Gasteiger partial charge in [-0.3, -0.25) is 4.79 Å². The number of hydrogen-bond donors (Lipinski definition) is 0. The van der Waals surface area contributed by atoms with Crippen molar-refractivity contribution < 1.29 is 13.9 Å². The van der Waals surface area contributed by atoms with Crippen molar-refractivity contribution in [1.29, 1.82) is 0 Å². The molecule has 0 fully saturated rings. The average molecular weight is 359 g/mol. The summed E-state index contributed by atoms with van der Waals surface area (Å²) in [4.78, 5) is 14.8. The van der Waals surface area contributed by atoms with Crippen LogP contribution in [0.25, 0.3) is 17.5 Å². The maximum atomic E-state index is 10.2. The largest absolute Gasteiger partial charge is 0.493 e. The van der Waals surface area contributed by atoms with E-state index in [4.69, 9.17) is 9.15 Å². The van der Waals surface area contributed by atoms with Crippen LogP contribution in [0.3, 0.4) is 0 Å². The maximum absolute atomic E-state index is 10.2. The number of oxazole rings is 1. The number of ether oxygens (including phenoxy) is 1. The summed E-state index contributed by atoms with van der Waals surface area (Å²) >= 11 is 0. The predicted molar refractivity (Wildman–Crippen MR) is 107 cm³/mol. The van der Waals surface area contributed by atoms with Gasteiger partial charge < -0.3 is 9.15 Å². The van der Waals surface area contributed by atoms with Gasteiger partial charge in [0.15, 0.2) is 0 Å². The zero-order chi connectivity index (χ0) is 18.9. The lowest BCUT2D eigenvalue weighted by Gasteiger charge is -2.05. The van der Waals surface area contributed by atoms with Crippen molar-refractivity contribution in [2.24, 2.45) is 0 Å². The minimum atomic E-state index is 0.527. The van der Waals surface area contributed by atoms with Crippen LogP contribution in [0.4, 0.5) is 0 Å². The smallest absolute Gasteiger partial charge is 0.226 e. The van der Waals surface area contributed by atoms with Gasteiger partial charge in [-0.15, -0.1) is 0 Å². The van der Waals surface area contributed by atoms with Crippen LogP contribution in [0.15, 0.2) is 77.2 Å². The Kier molecular flexibility index (Phi) is 6.36. The van der Waals surface area contributed by atoms with Gasteiger partial charge in [0.25, 0.3) is 0 Å². The van der Waals surface area contributed by atoms with Crippen LogP contribution >= 0.6 is 0 Å².